The van der Waals surface area contributed by atoms with Crippen molar-refractivity contribution in [3.05, 3.63) is 53.6 Å². The van der Waals surface area contributed by atoms with Gasteiger partial charge in [-0.25, -0.2) is 4.39 Å². The van der Waals surface area contributed by atoms with E-state index in [-0.39, 0.29) is 18.1 Å². The van der Waals surface area contributed by atoms with E-state index in [1.807, 2.05) is 15.6 Å². The van der Waals surface area contributed by atoms with E-state index < -0.39 is 0 Å². The summed E-state index contributed by atoms with van der Waals surface area (Å²) in [6.07, 6.45) is 1.88. The third kappa shape index (κ3) is 4.30. The zero-order chi connectivity index (χ0) is 18.5. The average Bonchev–Trinajstić information content (AvgIpc) is 2.99. The summed E-state index contributed by atoms with van der Waals surface area (Å²) in [6, 6.07) is 8.47. The van der Waals surface area contributed by atoms with E-state index in [0.29, 0.717) is 24.6 Å². The molecule has 0 saturated carbocycles. The van der Waals surface area contributed by atoms with Crippen LogP contribution < -0.4 is 0 Å². The number of hydrogen-bond donors (Lipinski definition) is 0. The van der Waals surface area contributed by atoms with Crippen molar-refractivity contribution < 1.29 is 9.18 Å². The van der Waals surface area contributed by atoms with E-state index in [9.17, 15) is 9.18 Å². The van der Waals surface area contributed by atoms with E-state index >= 15 is 0 Å². The van der Waals surface area contributed by atoms with Crippen molar-refractivity contribution in [2.75, 3.05) is 26.2 Å². The topological polar surface area (TPSA) is 41.4 Å². The zero-order valence-electron chi connectivity index (χ0n) is 15.6. The van der Waals surface area contributed by atoms with Gasteiger partial charge in [0.25, 0.3) is 0 Å². The predicted molar refractivity (Wildman–Crippen MR) is 99.0 cm³/mol. The van der Waals surface area contributed by atoms with Crippen LogP contribution in [0.4, 0.5) is 4.39 Å². The van der Waals surface area contributed by atoms with Gasteiger partial charge in [0, 0.05) is 31.7 Å². The summed E-state index contributed by atoms with van der Waals surface area (Å²) in [6.45, 7) is 9.22. The fourth-order valence-electron chi connectivity index (χ4n) is 3.60. The van der Waals surface area contributed by atoms with Gasteiger partial charge >= 0.3 is 0 Å². The molecule has 0 saturated heterocycles. The molecule has 6 heteroatoms. The van der Waals surface area contributed by atoms with Crippen molar-refractivity contribution in [1.29, 1.82) is 0 Å². The highest BCUT2D eigenvalue weighted by molar-refractivity contribution is 5.78. The number of carbonyl (C=O) groups excluding carboxylic acids is 1. The lowest BCUT2D eigenvalue weighted by molar-refractivity contribution is -0.131. The maximum atomic E-state index is 13.9. The van der Waals surface area contributed by atoms with Crippen LogP contribution >= 0.6 is 0 Å². The van der Waals surface area contributed by atoms with Crippen LogP contribution in [-0.2, 0) is 24.3 Å². The summed E-state index contributed by atoms with van der Waals surface area (Å²) in [5.74, 6) is -0.0460. The Kier molecular flexibility index (Phi) is 6.04. The predicted octanol–water partition coefficient (Wildman–Crippen LogP) is 2.57. The molecular formula is C20H27FN4O. The van der Waals surface area contributed by atoms with Crippen molar-refractivity contribution in [2.45, 2.75) is 33.4 Å². The van der Waals surface area contributed by atoms with E-state index in [2.05, 4.69) is 23.8 Å². The zero-order valence-corrected chi connectivity index (χ0v) is 15.6. The molecule has 0 spiro atoms. The summed E-state index contributed by atoms with van der Waals surface area (Å²) in [5, 5.41) is 4.42. The normalized spacial score (nSPS) is 17.2. The summed E-state index contributed by atoms with van der Waals surface area (Å²) >= 11 is 0. The lowest BCUT2D eigenvalue weighted by Crippen LogP contribution is -2.39. The third-order valence-electron chi connectivity index (χ3n) is 5.13. The molecule has 1 aromatic heterocycles. The van der Waals surface area contributed by atoms with Gasteiger partial charge in [-0.3, -0.25) is 9.48 Å². The number of benzene rings is 1. The number of amides is 1. The molecule has 0 fully saturated rings. The number of carbonyl (C=O) groups is 1. The first kappa shape index (κ1) is 18.6. The van der Waals surface area contributed by atoms with E-state index in [4.69, 9.17) is 0 Å². The van der Waals surface area contributed by atoms with Crippen LogP contribution in [0.15, 0.2) is 36.5 Å². The molecule has 0 N–H and O–H groups in total. The SMILES string of the molecule is CCN(CC)C[C@@H]1CN(C(=O)Cc2ccccc2F)Cc2ccnn2C1. The third-order valence-corrected chi connectivity index (χ3v) is 5.13. The molecule has 1 atom stereocenters. The summed E-state index contributed by atoms with van der Waals surface area (Å²) in [4.78, 5) is 17.1. The minimum absolute atomic E-state index is 0.0331. The lowest BCUT2D eigenvalue weighted by atomic mass is 10.1. The molecule has 0 radical (unpaired) electrons. The Hall–Kier alpha value is -2.21. The molecule has 5 nitrogen and oxygen atoms in total. The fraction of sp³-hybridized carbons (Fsp3) is 0.500. The molecule has 1 aliphatic rings. The number of halogens is 1. The van der Waals surface area contributed by atoms with Crippen LogP contribution in [-0.4, -0.2) is 51.7 Å². The van der Waals surface area contributed by atoms with Crippen LogP contribution in [0.25, 0.3) is 0 Å². The first-order valence-corrected chi connectivity index (χ1v) is 9.34. The van der Waals surface area contributed by atoms with E-state index in [1.54, 1.807) is 24.4 Å². The Morgan fingerprint density at radius 2 is 2.00 bits per heavy atom. The number of nitrogens with zero attached hydrogens (tertiary/aromatic N) is 4. The molecular weight excluding hydrogens is 331 g/mol. The Morgan fingerprint density at radius 3 is 2.73 bits per heavy atom. The molecule has 2 aromatic rings. The largest absolute Gasteiger partial charge is 0.336 e. The van der Waals surface area contributed by atoms with Gasteiger partial charge in [0.1, 0.15) is 5.82 Å². The number of aromatic nitrogens is 2. The minimum atomic E-state index is -0.319. The number of fused-ring (bicyclic) bond motifs is 1. The smallest absolute Gasteiger partial charge is 0.227 e. The van der Waals surface area contributed by atoms with Crippen LogP contribution in [0.3, 0.4) is 0 Å². The highest BCUT2D eigenvalue weighted by Crippen LogP contribution is 2.19. The average molecular weight is 358 g/mol. The second-order valence-electron chi connectivity index (χ2n) is 6.90. The Balaban J connectivity index is 1.77. The molecule has 0 unspecified atom stereocenters. The molecule has 3 rings (SSSR count). The minimum Gasteiger partial charge on any atom is -0.336 e. The van der Waals surface area contributed by atoms with E-state index in [0.717, 1.165) is 31.9 Å². The van der Waals surface area contributed by atoms with Crippen molar-refractivity contribution in [3.8, 4) is 0 Å². The van der Waals surface area contributed by atoms with Crippen LogP contribution in [0.2, 0.25) is 0 Å². The Morgan fingerprint density at radius 1 is 1.23 bits per heavy atom. The standard InChI is InChI=1S/C20H27FN4O/c1-3-23(4-2)12-16-13-24(15-18-9-10-22-25(18)14-16)20(26)11-17-7-5-6-8-19(17)21/h5-10,16H,3-4,11-15H2,1-2H3/t16-/m1/s1. The summed E-state index contributed by atoms with van der Waals surface area (Å²) in [7, 11) is 0. The summed E-state index contributed by atoms with van der Waals surface area (Å²) in [5.41, 5.74) is 1.49. The molecule has 0 aliphatic carbocycles. The molecule has 0 bridgehead atoms. The monoisotopic (exact) mass is 358 g/mol. The lowest BCUT2D eigenvalue weighted by Gasteiger charge is -2.28. The van der Waals surface area contributed by atoms with Crippen LogP contribution in [0.1, 0.15) is 25.1 Å². The second kappa shape index (κ2) is 8.45. The quantitative estimate of drug-likeness (QED) is 0.797. The van der Waals surface area contributed by atoms with Crippen molar-refractivity contribution in [3.63, 3.8) is 0 Å². The molecule has 2 heterocycles. The maximum absolute atomic E-state index is 13.9. The fourth-order valence-corrected chi connectivity index (χ4v) is 3.60. The highest BCUT2D eigenvalue weighted by Gasteiger charge is 2.26. The molecule has 1 aromatic carbocycles. The molecule has 140 valence electrons. The van der Waals surface area contributed by atoms with Gasteiger partial charge in [0.05, 0.1) is 18.7 Å². The van der Waals surface area contributed by atoms with Crippen molar-refractivity contribution in [2.24, 2.45) is 5.92 Å². The van der Waals surface area contributed by atoms with Gasteiger partial charge in [-0.1, -0.05) is 32.0 Å². The van der Waals surface area contributed by atoms with Gasteiger partial charge in [-0.2, -0.15) is 5.10 Å². The van der Waals surface area contributed by atoms with Gasteiger partial charge < -0.3 is 9.80 Å². The Labute approximate surface area is 154 Å². The van der Waals surface area contributed by atoms with E-state index in [1.165, 1.54) is 6.07 Å². The van der Waals surface area contributed by atoms with Crippen LogP contribution in [0, 0.1) is 11.7 Å². The van der Waals surface area contributed by atoms with Gasteiger partial charge in [0.15, 0.2) is 0 Å². The number of hydrogen-bond acceptors (Lipinski definition) is 3. The summed E-state index contributed by atoms with van der Waals surface area (Å²) < 4.78 is 15.9. The van der Waals surface area contributed by atoms with Crippen LogP contribution in [0.5, 0.6) is 0 Å². The highest BCUT2D eigenvalue weighted by atomic mass is 19.1. The van der Waals surface area contributed by atoms with Gasteiger partial charge in [-0.15, -0.1) is 0 Å². The second-order valence-corrected chi connectivity index (χ2v) is 6.90. The molecule has 1 aliphatic heterocycles. The maximum Gasteiger partial charge on any atom is 0.227 e. The van der Waals surface area contributed by atoms with Crippen molar-refractivity contribution in [1.82, 2.24) is 19.6 Å². The van der Waals surface area contributed by atoms with Crippen molar-refractivity contribution >= 4 is 5.91 Å². The Bertz CT molecular complexity index is 741. The number of rotatable bonds is 6. The molecule has 1 amide bonds. The van der Waals surface area contributed by atoms with Gasteiger partial charge in [-0.05, 0) is 30.8 Å². The molecule has 26 heavy (non-hydrogen) atoms. The first-order chi connectivity index (χ1) is 12.6. The van der Waals surface area contributed by atoms with Gasteiger partial charge in [0.2, 0.25) is 5.91 Å². The first-order valence-electron chi connectivity index (χ1n) is 9.34.